The Hall–Kier alpha value is -3.56. The summed E-state index contributed by atoms with van der Waals surface area (Å²) >= 11 is 0. The van der Waals surface area contributed by atoms with E-state index in [9.17, 15) is 14.7 Å². The molecule has 0 spiro atoms. The molecule has 2 aromatic carbocycles. The summed E-state index contributed by atoms with van der Waals surface area (Å²) < 4.78 is 22.3. The number of carbonyl (C=O) groups is 2. The molecule has 2 heterocycles. The average Bonchev–Trinajstić information content (AvgIpc) is 3.20. The Labute approximate surface area is 223 Å². The fourth-order valence-corrected chi connectivity index (χ4v) is 4.74. The second-order valence-corrected chi connectivity index (χ2v) is 9.16. The zero-order chi connectivity index (χ0) is 27.1. The number of ether oxygens (including phenoxy) is 4. The largest absolute Gasteiger partial charge is 0.507 e. The first kappa shape index (κ1) is 27.5. The number of hydrogen-bond donors (Lipinski definition) is 1. The van der Waals surface area contributed by atoms with Gasteiger partial charge in [-0.15, -0.1) is 0 Å². The van der Waals surface area contributed by atoms with Crippen LogP contribution in [0.4, 0.5) is 0 Å². The van der Waals surface area contributed by atoms with E-state index in [2.05, 4.69) is 4.90 Å². The van der Waals surface area contributed by atoms with Crippen molar-refractivity contribution in [2.24, 2.45) is 0 Å². The van der Waals surface area contributed by atoms with E-state index in [4.69, 9.17) is 18.9 Å². The minimum absolute atomic E-state index is 0.0467. The highest BCUT2D eigenvalue weighted by Crippen LogP contribution is 2.42. The lowest BCUT2D eigenvalue weighted by Gasteiger charge is -2.31. The first-order valence-corrected chi connectivity index (χ1v) is 13.1. The van der Waals surface area contributed by atoms with Crippen molar-refractivity contribution >= 4 is 17.4 Å². The van der Waals surface area contributed by atoms with Crippen LogP contribution < -0.4 is 14.2 Å². The molecule has 0 radical (unpaired) electrons. The van der Waals surface area contributed by atoms with Crippen LogP contribution in [0.5, 0.6) is 17.2 Å². The molecule has 0 aromatic heterocycles. The van der Waals surface area contributed by atoms with Crippen molar-refractivity contribution in [1.29, 1.82) is 0 Å². The van der Waals surface area contributed by atoms with E-state index in [0.717, 1.165) is 19.5 Å². The average molecular weight is 525 g/mol. The maximum Gasteiger partial charge on any atom is 0.295 e. The number of aliphatic hydroxyl groups excluding tert-OH is 1. The maximum absolute atomic E-state index is 13.4. The number of nitrogens with zero attached hydrogens (tertiary/aromatic N) is 2. The van der Waals surface area contributed by atoms with Crippen LogP contribution in [0, 0.1) is 0 Å². The monoisotopic (exact) mass is 524 g/mol. The third kappa shape index (κ3) is 5.95. The SMILES string of the molecule is CCCOc1ccc(/C(O)=C2\C(=O)C(=O)N(CCN3CCOCC3)C2c2ccc(OCC)c(OC)c2)cc1. The lowest BCUT2D eigenvalue weighted by Crippen LogP contribution is -2.42. The summed E-state index contributed by atoms with van der Waals surface area (Å²) in [6.45, 7) is 8.66. The van der Waals surface area contributed by atoms with Gasteiger partial charge in [0.05, 0.1) is 45.2 Å². The lowest BCUT2D eigenvalue weighted by molar-refractivity contribution is -0.140. The Balaban J connectivity index is 1.73. The molecule has 2 fully saturated rings. The number of Topliss-reactive ketones (excluding diaryl/α,β-unsaturated/α-hetero) is 1. The summed E-state index contributed by atoms with van der Waals surface area (Å²) in [5.74, 6) is 0.140. The molecule has 0 bridgehead atoms. The molecular weight excluding hydrogens is 488 g/mol. The Morgan fingerprint density at radius 1 is 1.00 bits per heavy atom. The van der Waals surface area contributed by atoms with Gasteiger partial charge in [0.15, 0.2) is 11.5 Å². The van der Waals surface area contributed by atoms with Gasteiger partial charge in [0.25, 0.3) is 11.7 Å². The molecule has 4 rings (SSSR count). The molecule has 2 aliphatic rings. The standard InChI is InChI=1S/C29H36N2O7/c1-4-16-38-22-9-6-20(7-10-22)27(32)25-26(21-8-11-23(37-5-2)24(19-21)35-3)31(29(34)28(25)33)13-12-30-14-17-36-18-15-30/h6-11,19,26,32H,4-5,12-18H2,1-3H3/b27-25+. The Bertz CT molecular complexity index is 1160. The number of hydrogen-bond acceptors (Lipinski definition) is 8. The number of amides is 1. The van der Waals surface area contributed by atoms with E-state index in [-0.39, 0.29) is 11.3 Å². The molecule has 204 valence electrons. The van der Waals surface area contributed by atoms with E-state index >= 15 is 0 Å². The summed E-state index contributed by atoms with van der Waals surface area (Å²) in [4.78, 5) is 30.4. The normalized spacial score (nSPS) is 19.6. The highest BCUT2D eigenvalue weighted by atomic mass is 16.5. The molecule has 1 amide bonds. The van der Waals surface area contributed by atoms with E-state index < -0.39 is 17.7 Å². The number of rotatable bonds is 11. The van der Waals surface area contributed by atoms with Crippen molar-refractivity contribution in [3.8, 4) is 17.2 Å². The predicted octanol–water partition coefficient (Wildman–Crippen LogP) is 3.64. The van der Waals surface area contributed by atoms with Crippen LogP contribution in [0.1, 0.15) is 37.4 Å². The van der Waals surface area contributed by atoms with Crippen molar-refractivity contribution in [3.05, 3.63) is 59.2 Å². The van der Waals surface area contributed by atoms with Crippen LogP contribution in [0.25, 0.3) is 5.76 Å². The van der Waals surface area contributed by atoms with Crippen molar-refractivity contribution in [2.45, 2.75) is 26.3 Å². The molecule has 2 aliphatic heterocycles. The molecule has 38 heavy (non-hydrogen) atoms. The fraction of sp³-hybridized carbons (Fsp3) is 0.448. The summed E-state index contributed by atoms with van der Waals surface area (Å²) in [5.41, 5.74) is 1.13. The minimum atomic E-state index is -0.781. The molecule has 0 saturated carbocycles. The van der Waals surface area contributed by atoms with E-state index in [1.54, 1.807) is 49.6 Å². The second-order valence-electron chi connectivity index (χ2n) is 9.16. The number of benzene rings is 2. The van der Waals surface area contributed by atoms with E-state index in [0.29, 0.717) is 67.9 Å². The Morgan fingerprint density at radius 3 is 2.39 bits per heavy atom. The van der Waals surface area contributed by atoms with Gasteiger partial charge >= 0.3 is 0 Å². The zero-order valence-corrected chi connectivity index (χ0v) is 22.3. The number of carbonyl (C=O) groups excluding carboxylic acids is 2. The quantitative estimate of drug-likeness (QED) is 0.270. The minimum Gasteiger partial charge on any atom is -0.507 e. The first-order valence-electron chi connectivity index (χ1n) is 13.1. The van der Waals surface area contributed by atoms with Gasteiger partial charge < -0.3 is 29.0 Å². The number of likely N-dealkylation sites (tertiary alicyclic amines) is 1. The molecule has 2 aromatic rings. The van der Waals surface area contributed by atoms with Crippen LogP contribution in [-0.2, 0) is 14.3 Å². The van der Waals surface area contributed by atoms with Crippen molar-refractivity contribution < 1.29 is 33.6 Å². The third-order valence-corrected chi connectivity index (χ3v) is 6.70. The molecule has 0 aliphatic carbocycles. The van der Waals surface area contributed by atoms with Crippen molar-refractivity contribution in [2.75, 3.05) is 59.7 Å². The van der Waals surface area contributed by atoms with Gasteiger partial charge in [-0.3, -0.25) is 14.5 Å². The molecule has 1 unspecified atom stereocenters. The Kier molecular flexibility index (Phi) is 9.25. The molecule has 2 saturated heterocycles. The summed E-state index contributed by atoms with van der Waals surface area (Å²) in [7, 11) is 1.54. The third-order valence-electron chi connectivity index (χ3n) is 6.70. The zero-order valence-electron chi connectivity index (χ0n) is 22.3. The smallest absolute Gasteiger partial charge is 0.295 e. The van der Waals surface area contributed by atoms with Gasteiger partial charge in [0, 0.05) is 31.7 Å². The van der Waals surface area contributed by atoms with Crippen LogP contribution in [0.15, 0.2) is 48.0 Å². The van der Waals surface area contributed by atoms with Gasteiger partial charge in [-0.25, -0.2) is 0 Å². The number of ketones is 1. The summed E-state index contributed by atoms with van der Waals surface area (Å²) in [6.07, 6.45) is 0.876. The van der Waals surface area contributed by atoms with Gasteiger partial charge in [-0.2, -0.15) is 0 Å². The van der Waals surface area contributed by atoms with E-state index in [1.165, 1.54) is 4.90 Å². The number of morpholine rings is 1. The molecule has 9 heteroatoms. The van der Waals surface area contributed by atoms with Gasteiger partial charge in [0.1, 0.15) is 11.5 Å². The van der Waals surface area contributed by atoms with Crippen molar-refractivity contribution in [3.63, 3.8) is 0 Å². The number of methoxy groups -OCH3 is 1. The highest BCUT2D eigenvalue weighted by molar-refractivity contribution is 6.46. The van der Waals surface area contributed by atoms with Crippen molar-refractivity contribution in [1.82, 2.24) is 9.80 Å². The van der Waals surface area contributed by atoms with Crippen LogP contribution in [0.2, 0.25) is 0 Å². The summed E-state index contributed by atoms with van der Waals surface area (Å²) in [5, 5.41) is 11.4. The highest BCUT2D eigenvalue weighted by Gasteiger charge is 2.46. The number of aliphatic hydroxyl groups is 1. The molecule has 1 N–H and O–H groups in total. The topological polar surface area (TPSA) is 97.8 Å². The second kappa shape index (κ2) is 12.8. The molecular formula is C29H36N2O7. The molecule has 1 atom stereocenters. The van der Waals surface area contributed by atoms with Gasteiger partial charge in [0.2, 0.25) is 0 Å². The fourth-order valence-electron chi connectivity index (χ4n) is 4.74. The first-order chi connectivity index (χ1) is 18.5. The van der Waals surface area contributed by atoms with Gasteiger partial charge in [-0.05, 0) is 55.3 Å². The summed E-state index contributed by atoms with van der Waals surface area (Å²) in [6, 6.07) is 11.4. The van der Waals surface area contributed by atoms with Crippen LogP contribution in [0.3, 0.4) is 0 Å². The van der Waals surface area contributed by atoms with Gasteiger partial charge in [-0.1, -0.05) is 13.0 Å². The predicted molar refractivity (Wildman–Crippen MR) is 143 cm³/mol. The van der Waals surface area contributed by atoms with Crippen LogP contribution in [-0.4, -0.2) is 86.3 Å². The Morgan fingerprint density at radius 2 is 1.74 bits per heavy atom. The maximum atomic E-state index is 13.4. The van der Waals surface area contributed by atoms with E-state index in [1.807, 2.05) is 13.8 Å². The molecule has 9 nitrogen and oxygen atoms in total. The lowest BCUT2D eigenvalue weighted by atomic mass is 9.95. The van der Waals surface area contributed by atoms with Crippen LogP contribution >= 0.6 is 0 Å².